The Hall–Kier alpha value is -2.80. The SMILES string of the molecule is CC1(C)C=C2Nc3nc(SCc4ccccc4)nn3[C@H](c3ccco3)[C@@H]2C(=O)C1. The van der Waals surface area contributed by atoms with Crippen LogP contribution in [0.5, 0.6) is 0 Å². The summed E-state index contributed by atoms with van der Waals surface area (Å²) in [4.78, 5) is 17.8. The number of aromatic nitrogens is 3. The molecular formula is C22H22N4O2S. The number of rotatable bonds is 4. The summed E-state index contributed by atoms with van der Waals surface area (Å²) in [5.41, 5.74) is 1.93. The number of benzene rings is 1. The van der Waals surface area contributed by atoms with Gasteiger partial charge < -0.3 is 9.73 Å². The molecule has 6 nitrogen and oxygen atoms in total. The molecule has 3 heterocycles. The van der Waals surface area contributed by atoms with E-state index >= 15 is 0 Å². The van der Waals surface area contributed by atoms with Gasteiger partial charge in [-0.3, -0.25) is 4.79 Å². The molecule has 0 bridgehead atoms. The Morgan fingerprint density at radius 3 is 2.83 bits per heavy atom. The first-order valence-corrected chi connectivity index (χ1v) is 10.7. The van der Waals surface area contributed by atoms with E-state index < -0.39 is 0 Å². The lowest BCUT2D eigenvalue weighted by Crippen LogP contribution is -2.41. The maximum absolute atomic E-state index is 13.1. The molecule has 7 heteroatoms. The quantitative estimate of drug-likeness (QED) is 0.635. The molecule has 3 aromatic rings. The zero-order valence-corrected chi connectivity index (χ0v) is 17.1. The number of carbonyl (C=O) groups is 1. The van der Waals surface area contributed by atoms with Gasteiger partial charge in [-0.1, -0.05) is 62.0 Å². The van der Waals surface area contributed by atoms with E-state index in [9.17, 15) is 4.79 Å². The molecule has 2 aliphatic rings. The van der Waals surface area contributed by atoms with Crippen molar-refractivity contribution in [1.82, 2.24) is 14.8 Å². The van der Waals surface area contributed by atoms with Gasteiger partial charge in [0, 0.05) is 17.9 Å². The highest BCUT2D eigenvalue weighted by Crippen LogP contribution is 2.45. The number of thioether (sulfide) groups is 1. The summed E-state index contributed by atoms with van der Waals surface area (Å²) in [5, 5.41) is 8.78. The van der Waals surface area contributed by atoms with Crippen LogP contribution in [0.3, 0.4) is 0 Å². The number of fused-ring (bicyclic) bond motifs is 2. The highest BCUT2D eigenvalue weighted by atomic mass is 32.2. The topological polar surface area (TPSA) is 73.0 Å². The molecule has 0 radical (unpaired) electrons. The fourth-order valence-electron chi connectivity index (χ4n) is 4.14. The fourth-order valence-corrected chi connectivity index (χ4v) is 4.92. The van der Waals surface area contributed by atoms with Crippen LogP contribution < -0.4 is 5.32 Å². The zero-order valence-electron chi connectivity index (χ0n) is 16.3. The van der Waals surface area contributed by atoms with Crippen molar-refractivity contribution >= 4 is 23.5 Å². The van der Waals surface area contributed by atoms with Crippen LogP contribution in [-0.4, -0.2) is 20.5 Å². The van der Waals surface area contributed by atoms with Gasteiger partial charge >= 0.3 is 0 Å². The van der Waals surface area contributed by atoms with Crippen molar-refractivity contribution in [3.63, 3.8) is 0 Å². The maximum Gasteiger partial charge on any atom is 0.227 e. The van der Waals surface area contributed by atoms with E-state index in [-0.39, 0.29) is 23.2 Å². The summed E-state index contributed by atoms with van der Waals surface area (Å²) in [6, 6.07) is 13.7. The van der Waals surface area contributed by atoms with Crippen LogP contribution in [0.15, 0.2) is 70.1 Å². The number of hydrogen-bond acceptors (Lipinski definition) is 6. The molecule has 0 unspecified atom stereocenters. The van der Waals surface area contributed by atoms with E-state index in [1.54, 1.807) is 18.0 Å². The Morgan fingerprint density at radius 1 is 1.24 bits per heavy atom. The van der Waals surface area contributed by atoms with Gasteiger partial charge in [0.1, 0.15) is 17.6 Å². The molecule has 0 amide bonds. The van der Waals surface area contributed by atoms with Gasteiger partial charge in [-0.25, -0.2) is 4.68 Å². The second kappa shape index (κ2) is 6.91. The highest BCUT2D eigenvalue weighted by molar-refractivity contribution is 7.98. The molecule has 2 aromatic heterocycles. The number of hydrogen-bond donors (Lipinski definition) is 1. The third-order valence-corrected chi connectivity index (χ3v) is 6.26. The van der Waals surface area contributed by atoms with Gasteiger partial charge in [0.2, 0.25) is 11.1 Å². The summed E-state index contributed by atoms with van der Waals surface area (Å²) >= 11 is 1.58. The maximum atomic E-state index is 13.1. The molecule has 2 atom stereocenters. The Morgan fingerprint density at radius 2 is 2.07 bits per heavy atom. The van der Waals surface area contributed by atoms with Crippen molar-refractivity contribution in [3.05, 3.63) is 71.8 Å². The number of nitrogens with zero attached hydrogens (tertiary/aromatic N) is 3. The van der Waals surface area contributed by atoms with Gasteiger partial charge in [0.05, 0.1) is 12.2 Å². The molecule has 0 saturated heterocycles. The summed E-state index contributed by atoms with van der Waals surface area (Å²) in [7, 11) is 0. The first-order chi connectivity index (χ1) is 14.0. The first kappa shape index (κ1) is 18.2. The average molecular weight is 407 g/mol. The molecule has 0 fully saturated rings. The van der Waals surface area contributed by atoms with Crippen LogP contribution in [0.2, 0.25) is 0 Å². The van der Waals surface area contributed by atoms with Gasteiger partial charge in [0.15, 0.2) is 0 Å². The highest BCUT2D eigenvalue weighted by Gasteiger charge is 2.46. The molecule has 1 aromatic carbocycles. The van der Waals surface area contributed by atoms with E-state index in [1.165, 1.54) is 5.56 Å². The Labute approximate surface area is 173 Å². The fraction of sp³-hybridized carbons (Fsp3) is 0.318. The Bertz CT molecular complexity index is 1070. The summed E-state index contributed by atoms with van der Waals surface area (Å²) in [6.07, 6.45) is 4.29. The lowest BCUT2D eigenvalue weighted by Gasteiger charge is -2.39. The number of anilines is 1. The molecule has 0 saturated carbocycles. The lowest BCUT2D eigenvalue weighted by atomic mass is 9.73. The number of Topliss-reactive ketones (excluding diaryl/α,β-unsaturated/α-hetero) is 1. The van der Waals surface area contributed by atoms with Crippen LogP contribution in [-0.2, 0) is 10.5 Å². The van der Waals surface area contributed by atoms with E-state index in [4.69, 9.17) is 14.5 Å². The largest absolute Gasteiger partial charge is 0.467 e. The molecule has 1 aliphatic heterocycles. The smallest absolute Gasteiger partial charge is 0.227 e. The standard InChI is InChI=1S/C22H22N4O2S/c1-22(2)11-15-18(16(27)12-22)19(17-9-6-10-28-17)26-20(23-15)24-21(25-26)29-13-14-7-4-3-5-8-14/h3-11,18-19H,12-13H2,1-2H3,(H,23,24,25)/t18-,19+/m0/s1. The molecule has 0 spiro atoms. The first-order valence-electron chi connectivity index (χ1n) is 9.69. The molecule has 1 aliphatic carbocycles. The number of furan rings is 1. The van der Waals surface area contributed by atoms with Crippen molar-refractivity contribution in [1.29, 1.82) is 0 Å². The van der Waals surface area contributed by atoms with Crippen molar-refractivity contribution in [3.8, 4) is 0 Å². The van der Waals surface area contributed by atoms with E-state index in [0.717, 1.165) is 17.2 Å². The average Bonchev–Trinajstić information content (AvgIpc) is 3.34. The van der Waals surface area contributed by atoms with Crippen LogP contribution in [0.1, 0.15) is 37.6 Å². The predicted molar refractivity (Wildman–Crippen MR) is 111 cm³/mol. The summed E-state index contributed by atoms with van der Waals surface area (Å²) < 4.78 is 7.52. The molecule has 5 rings (SSSR count). The normalized spacial score (nSPS) is 22.4. The minimum Gasteiger partial charge on any atom is -0.467 e. The summed E-state index contributed by atoms with van der Waals surface area (Å²) in [5.74, 6) is 2.01. The summed E-state index contributed by atoms with van der Waals surface area (Å²) in [6.45, 7) is 4.16. The second-order valence-electron chi connectivity index (χ2n) is 8.23. The number of carbonyl (C=O) groups excluding carboxylic acids is 1. The third kappa shape index (κ3) is 3.40. The number of ketones is 1. The minimum atomic E-state index is -0.338. The van der Waals surface area contributed by atoms with Gasteiger partial charge in [-0.15, -0.1) is 5.10 Å². The second-order valence-corrected chi connectivity index (χ2v) is 9.17. The van der Waals surface area contributed by atoms with E-state index in [0.29, 0.717) is 17.5 Å². The van der Waals surface area contributed by atoms with Crippen molar-refractivity contribution < 1.29 is 9.21 Å². The van der Waals surface area contributed by atoms with Crippen molar-refractivity contribution in [2.45, 2.75) is 37.2 Å². The van der Waals surface area contributed by atoms with E-state index in [1.807, 2.05) is 35.0 Å². The Kier molecular flexibility index (Phi) is 4.35. The Balaban J connectivity index is 1.52. The van der Waals surface area contributed by atoms with Gasteiger partial charge in [0.25, 0.3) is 0 Å². The van der Waals surface area contributed by atoms with Crippen molar-refractivity contribution in [2.75, 3.05) is 5.32 Å². The zero-order chi connectivity index (χ0) is 20.0. The van der Waals surface area contributed by atoms with Crippen molar-refractivity contribution in [2.24, 2.45) is 11.3 Å². The molecule has 1 N–H and O–H groups in total. The third-order valence-electron chi connectivity index (χ3n) is 5.35. The van der Waals surface area contributed by atoms with Gasteiger partial charge in [-0.2, -0.15) is 4.98 Å². The van der Waals surface area contributed by atoms with Crippen LogP contribution >= 0.6 is 11.8 Å². The lowest BCUT2D eigenvalue weighted by molar-refractivity contribution is -0.125. The van der Waals surface area contributed by atoms with Crippen LogP contribution in [0.25, 0.3) is 0 Å². The van der Waals surface area contributed by atoms with Crippen LogP contribution in [0.4, 0.5) is 5.95 Å². The minimum absolute atomic E-state index is 0.184. The molecular weight excluding hydrogens is 384 g/mol. The van der Waals surface area contributed by atoms with E-state index in [2.05, 4.69) is 37.4 Å². The number of allylic oxidation sites excluding steroid dienone is 2. The predicted octanol–water partition coefficient (Wildman–Crippen LogP) is 4.68. The van der Waals surface area contributed by atoms with Crippen LogP contribution in [0, 0.1) is 11.3 Å². The number of nitrogens with one attached hydrogen (secondary N) is 1. The molecule has 29 heavy (non-hydrogen) atoms. The van der Waals surface area contributed by atoms with Gasteiger partial charge in [-0.05, 0) is 23.1 Å². The monoisotopic (exact) mass is 406 g/mol. The molecule has 148 valence electrons.